The summed E-state index contributed by atoms with van der Waals surface area (Å²) >= 11 is 0.318. The third-order valence-corrected chi connectivity index (χ3v) is 4.47. The molecule has 1 aromatic rings. The third-order valence-electron chi connectivity index (χ3n) is 3.60. The molecule has 1 saturated carbocycles. The monoisotopic (exact) mass is 422 g/mol. The van der Waals surface area contributed by atoms with Crippen LogP contribution in [-0.4, -0.2) is 46.2 Å². The molecule has 0 spiro atoms. The predicted octanol–water partition coefficient (Wildman–Crippen LogP) is 4.29. The van der Waals surface area contributed by atoms with Crippen molar-refractivity contribution in [1.82, 2.24) is 4.98 Å². The van der Waals surface area contributed by atoms with E-state index in [0.29, 0.717) is 11.3 Å². The Kier molecular flexibility index (Phi) is 4.12. The number of aromatic nitrogens is 1. The third kappa shape index (κ3) is 2.00. The number of alkyl halides is 11. The summed E-state index contributed by atoms with van der Waals surface area (Å²) in [6.07, 6.45) is 0. The summed E-state index contributed by atoms with van der Waals surface area (Å²) in [5.41, 5.74) is -6.68. The van der Waals surface area contributed by atoms with Crippen molar-refractivity contribution in [2.75, 3.05) is 5.32 Å². The van der Waals surface area contributed by atoms with Gasteiger partial charge in [0.15, 0.2) is 5.13 Å². The normalized spacial score (nSPS) is 26.9. The maximum absolute atomic E-state index is 14.3. The molecule has 26 heavy (non-hydrogen) atoms. The molecular weight excluding hydrogens is 417 g/mol. The average Bonchev–Trinajstić information content (AvgIpc) is 2.89. The van der Waals surface area contributed by atoms with E-state index < -0.39 is 46.3 Å². The molecule has 1 aliphatic carbocycles. The largest absolute Gasteiger partial charge is 0.384 e. The maximum atomic E-state index is 14.3. The molecule has 0 radical (unpaired) electrons. The molecule has 2 rings (SSSR count). The second-order valence-corrected chi connectivity index (χ2v) is 6.14. The lowest BCUT2D eigenvalue weighted by Crippen LogP contribution is -2.86. The van der Waals surface area contributed by atoms with Gasteiger partial charge in [0.25, 0.3) is 5.91 Å². The lowest BCUT2D eigenvalue weighted by Gasteiger charge is -2.51. The lowest BCUT2D eigenvalue weighted by molar-refractivity contribution is -0.475. The first kappa shape index (κ1) is 20.6. The number of amides is 1. The van der Waals surface area contributed by atoms with E-state index >= 15 is 0 Å². The van der Waals surface area contributed by atoms with Crippen LogP contribution in [0.1, 0.15) is 5.69 Å². The van der Waals surface area contributed by atoms with Crippen molar-refractivity contribution in [3.8, 4) is 0 Å². The Morgan fingerprint density at radius 3 is 1.58 bits per heavy atom. The van der Waals surface area contributed by atoms with Crippen molar-refractivity contribution >= 4 is 22.4 Å². The Labute approximate surface area is 140 Å². The molecule has 0 atom stereocenters. The van der Waals surface area contributed by atoms with E-state index in [0.717, 1.165) is 10.7 Å². The number of hydrogen-bond acceptors (Lipinski definition) is 3. The minimum atomic E-state index is -7.36. The summed E-state index contributed by atoms with van der Waals surface area (Å²) in [6, 6.07) is 0. The first-order chi connectivity index (χ1) is 11.4. The SMILES string of the molecule is Cc1csc(NC(=O)C2(F)C(F)(F)C(F)(F)C(F)(F)C(F)(F)C2(F)F)n1. The summed E-state index contributed by atoms with van der Waals surface area (Å²) in [4.78, 5) is 14.8. The minimum absolute atomic E-state index is 0.0302. The van der Waals surface area contributed by atoms with Crippen molar-refractivity contribution in [1.29, 1.82) is 0 Å². The van der Waals surface area contributed by atoms with Crippen LogP contribution in [0.15, 0.2) is 5.38 Å². The zero-order valence-electron chi connectivity index (χ0n) is 12.0. The number of aryl methyl sites for hydroxylation is 1. The fourth-order valence-corrected chi connectivity index (χ4v) is 2.78. The Balaban J connectivity index is 2.68. The van der Waals surface area contributed by atoms with Gasteiger partial charge in [-0.2, -0.15) is 43.9 Å². The molecule has 1 aliphatic rings. The number of nitrogens with one attached hydrogen (secondary N) is 1. The number of anilines is 1. The van der Waals surface area contributed by atoms with Gasteiger partial charge in [-0.15, -0.1) is 11.3 Å². The van der Waals surface area contributed by atoms with E-state index in [1.165, 1.54) is 6.92 Å². The molecule has 3 nitrogen and oxygen atoms in total. The molecular formula is C11H5F11N2OS. The van der Waals surface area contributed by atoms with Gasteiger partial charge in [0.05, 0.1) is 5.69 Å². The van der Waals surface area contributed by atoms with E-state index in [-0.39, 0.29) is 5.69 Å². The Morgan fingerprint density at radius 2 is 1.23 bits per heavy atom. The maximum Gasteiger partial charge on any atom is 0.384 e. The number of carbonyl (C=O) groups excluding carboxylic acids is 1. The molecule has 0 aliphatic heterocycles. The molecule has 1 amide bonds. The molecule has 0 bridgehead atoms. The Morgan fingerprint density at radius 1 is 0.846 bits per heavy atom. The number of rotatable bonds is 2. The molecule has 1 heterocycles. The van der Waals surface area contributed by atoms with Crippen LogP contribution in [-0.2, 0) is 4.79 Å². The molecule has 15 heteroatoms. The van der Waals surface area contributed by atoms with Crippen LogP contribution < -0.4 is 5.32 Å². The van der Waals surface area contributed by atoms with Crippen molar-refractivity contribution < 1.29 is 53.1 Å². The molecule has 1 fully saturated rings. The van der Waals surface area contributed by atoms with Crippen LogP contribution in [0.4, 0.5) is 53.4 Å². The van der Waals surface area contributed by atoms with Crippen LogP contribution in [0.5, 0.6) is 0 Å². The van der Waals surface area contributed by atoms with Crippen LogP contribution in [0, 0.1) is 6.92 Å². The summed E-state index contributed by atoms with van der Waals surface area (Å²) < 4.78 is 148. The standard InChI is InChI=1S/C11H5F11N2OS/c1-3-2-26-5(23-3)24-4(25)6(12)7(13,14)9(17,18)11(21,22)10(19,20)8(6,15)16/h2H,1H3,(H,23,24,25). The highest BCUT2D eigenvalue weighted by Crippen LogP contribution is 2.69. The first-order valence-corrected chi connectivity index (χ1v) is 7.09. The topological polar surface area (TPSA) is 42.0 Å². The van der Waals surface area contributed by atoms with Crippen molar-refractivity contribution in [3.63, 3.8) is 0 Å². The van der Waals surface area contributed by atoms with E-state index in [1.54, 1.807) is 0 Å². The highest BCUT2D eigenvalue weighted by Gasteiger charge is 3.02. The van der Waals surface area contributed by atoms with Gasteiger partial charge < -0.3 is 0 Å². The van der Waals surface area contributed by atoms with Crippen LogP contribution in [0.25, 0.3) is 0 Å². The highest BCUT2D eigenvalue weighted by atomic mass is 32.1. The van der Waals surface area contributed by atoms with E-state index in [1.807, 2.05) is 0 Å². The minimum Gasteiger partial charge on any atom is -0.299 e. The van der Waals surface area contributed by atoms with Gasteiger partial charge in [-0.05, 0) is 6.92 Å². The number of nitrogens with zero attached hydrogens (tertiary/aromatic N) is 1. The molecule has 1 N–H and O–H groups in total. The first-order valence-electron chi connectivity index (χ1n) is 6.21. The zero-order valence-corrected chi connectivity index (χ0v) is 12.8. The van der Waals surface area contributed by atoms with E-state index in [2.05, 4.69) is 4.98 Å². The van der Waals surface area contributed by atoms with Crippen molar-refractivity contribution in [3.05, 3.63) is 11.1 Å². The van der Waals surface area contributed by atoms with Gasteiger partial charge in [-0.25, -0.2) is 9.37 Å². The van der Waals surface area contributed by atoms with Gasteiger partial charge in [0.2, 0.25) is 0 Å². The van der Waals surface area contributed by atoms with Gasteiger partial charge in [0, 0.05) is 5.38 Å². The Bertz CT molecular complexity index is 714. The Hall–Kier alpha value is -1.67. The molecule has 148 valence electrons. The summed E-state index contributed by atoms with van der Waals surface area (Å²) in [7, 11) is 0. The van der Waals surface area contributed by atoms with Crippen LogP contribution >= 0.6 is 11.3 Å². The fourth-order valence-electron chi connectivity index (χ4n) is 2.10. The lowest BCUT2D eigenvalue weighted by atomic mass is 9.71. The summed E-state index contributed by atoms with van der Waals surface area (Å²) in [6.45, 7) is 1.23. The molecule has 0 saturated heterocycles. The highest BCUT2D eigenvalue weighted by molar-refractivity contribution is 7.13. The number of halogens is 11. The predicted molar refractivity (Wildman–Crippen MR) is 64.1 cm³/mol. The number of thiazole rings is 1. The quantitative estimate of drug-likeness (QED) is 0.723. The summed E-state index contributed by atoms with van der Waals surface area (Å²) in [5, 5.41) is 1.08. The molecule has 0 aromatic carbocycles. The van der Waals surface area contributed by atoms with Crippen molar-refractivity contribution in [2.45, 2.75) is 42.2 Å². The average molecular weight is 422 g/mol. The van der Waals surface area contributed by atoms with Gasteiger partial charge in [-0.3, -0.25) is 10.1 Å². The second-order valence-electron chi connectivity index (χ2n) is 5.28. The molecule has 0 unspecified atom stereocenters. The van der Waals surface area contributed by atoms with Gasteiger partial charge in [0.1, 0.15) is 0 Å². The number of hydrogen-bond donors (Lipinski definition) is 1. The van der Waals surface area contributed by atoms with Crippen molar-refractivity contribution in [2.24, 2.45) is 0 Å². The second kappa shape index (κ2) is 5.19. The van der Waals surface area contributed by atoms with E-state index in [9.17, 15) is 53.1 Å². The smallest absolute Gasteiger partial charge is 0.299 e. The number of carbonyl (C=O) groups is 1. The van der Waals surface area contributed by atoms with Crippen LogP contribution in [0.3, 0.4) is 0 Å². The van der Waals surface area contributed by atoms with Crippen LogP contribution in [0.2, 0.25) is 0 Å². The summed E-state index contributed by atoms with van der Waals surface area (Å²) in [5.74, 6) is -39.8. The van der Waals surface area contributed by atoms with E-state index in [4.69, 9.17) is 0 Å². The fraction of sp³-hybridized carbons (Fsp3) is 0.636. The zero-order chi connectivity index (χ0) is 20.6. The molecule has 1 aromatic heterocycles. The van der Waals surface area contributed by atoms with Gasteiger partial charge >= 0.3 is 35.3 Å². The van der Waals surface area contributed by atoms with Gasteiger partial charge in [-0.1, -0.05) is 0 Å².